The van der Waals surface area contributed by atoms with Crippen molar-refractivity contribution in [3.05, 3.63) is 29.5 Å². The summed E-state index contributed by atoms with van der Waals surface area (Å²) < 4.78 is 0. The highest BCUT2D eigenvalue weighted by Gasteiger charge is 2.22. The molecule has 0 saturated carbocycles. The fourth-order valence-corrected chi connectivity index (χ4v) is 2.95. The number of aromatic nitrogens is 3. The Bertz CT molecular complexity index is 625. The highest BCUT2D eigenvalue weighted by molar-refractivity contribution is 7.16. The first-order valence-corrected chi connectivity index (χ1v) is 7.88. The van der Waals surface area contributed by atoms with Gasteiger partial charge < -0.3 is 10.4 Å². The van der Waals surface area contributed by atoms with E-state index in [4.69, 9.17) is 0 Å². The number of rotatable bonds is 6. The molecule has 0 aliphatic rings. The molecule has 0 saturated heterocycles. The normalized spacial score (nSPS) is 12.9. The Morgan fingerprint density at radius 1 is 1.36 bits per heavy atom. The van der Waals surface area contributed by atoms with E-state index in [0.29, 0.717) is 28.7 Å². The van der Waals surface area contributed by atoms with Gasteiger partial charge in [-0.1, -0.05) is 13.8 Å². The van der Waals surface area contributed by atoms with Gasteiger partial charge in [0, 0.05) is 18.9 Å². The summed E-state index contributed by atoms with van der Waals surface area (Å²) in [6, 6.07) is 1.73. The third kappa shape index (κ3) is 4.57. The number of thiazole rings is 1. The number of aliphatic hydroxyl groups is 1. The molecular formula is C15H20N4O2S. The first kappa shape index (κ1) is 16.5. The average molecular weight is 320 g/mol. The Kier molecular flexibility index (Phi) is 5.20. The maximum absolute atomic E-state index is 12.2. The first-order valence-electron chi connectivity index (χ1n) is 7.07. The Hall–Kier alpha value is -1.86. The number of carbonyl (C=O) groups excluding carboxylic acids is 1. The Morgan fingerprint density at radius 2 is 2.05 bits per heavy atom. The number of hydrogen-bond donors (Lipinski definition) is 2. The molecule has 6 nitrogen and oxygen atoms in total. The van der Waals surface area contributed by atoms with Gasteiger partial charge in [-0.2, -0.15) is 0 Å². The molecule has 0 aromatic carbocycles. The van der Waals surface area contributed by atoms with Crippen molar-refractivity contribution in [2.45, 2.75) is 33.3 Å². The topological polar surface area (TPSA) is 88.0 Å². The van der Waals surface area contributed by atoms with Crippen molar-refractivity contribution >= 4 is 17.2 Å². The SMILES string of the molecule is CC(O)CC(C)(C)CNC(=O)c1cnc(-c2ncccn2)s1. The lowest BCUT2D eigenvalue weighted by molar-refractivity contribution is 0.0905. The molecule has 0 fully saturated rings. The van der Waals surface area contributed by atoms with Crippen LogP contribution >= 0.6 is 11.3 Å². The van der Waals surface area contributed by atoms with Gasteiger partial charge in [0.15, 0.2) is 10.8 Å². The van der Waals surface area contributed by atoms with Crippen molar-refractivity contribution in [2.24, 2.45) is 5.41 Å². The fourth-order valence-electron chi connectivity index (χ4n) is 2.17. The van der Waals surface area contributed by atoms with Crippen molar-refractivity contribution in [1.29, 1.82) is 0 Å². The molecule has 2 aromatic heterocycles. The maximum Gasteiger partial charge on any atom is 0.263 e. The molecule has 22 heavy (non-hydrogen) atoms. The third-order valence-electron chi connectivity index (χ3n) is 3.06. The van der Waals surface area contributed by atoms with E-state index in [0.717, 1.165) is 0 Å². The van der Waals surface area contributed by atoms with Gasteiger partial charge in [-0.25, -0.2) is 15.0 Å². The molecule has 1 atom stereocenters. The summed E-state index contributed by atoms with van der Waals surface area (Å²) in [6.07, 6.45) is 5.05. The predicted molar refractivity (Wildman–Crippen MR) is 85.6 cm³/mol. The lowest BCUT2D eigenvalue weighted by atomic mass is 9.87. The van der Waals surface area contributed by atoms with E-state index in [9.17, 15) is 9.90 Å². The minimum Gasteiger partial charge on any atom is -0.393 e. The van der Waals surface area contributed by atoms with Crippen molar-refractivity contribution in [3.8, 4) is 10.8 Å². The van der Waals surface area contributed by atoms with Crippen LogP contribution in [0.5, 0.6) is 0 Å². The number of nitrogens with zero attached hydrogens (tertiary/aromatic N) is 3. The van der Waals surface area contributed by atoms with E-state index >= 15 is 0 Å². The minimum atomic E-state index is -0.392. The molecular weight excluding hydrogens is 300 g/mol. The lowest BCUT2D eigenvalue weighted by Gasteiger charge is -2.26. The van der Waals surface area contributed by atoms with E-state index < -0.39 is 6.10 Å². The van der Waals surface area contributed by atoms with E-state index in [1.54, 1.807) is 25.4 Å². The zero-order chi connectivity index (χ0) is 16.2. The minimum absolute atomic E-state index is 0.167. The zero-order valence-electron chi connectivity index (χ0n) is 12.9. The van der Waals surface area contributed by atoms with Gasteiger partial charge in [-0.3, -0.25) is 4.79 Å². The summed E-state index contributed by atoms with van der Waals surface area (Å²) in [4.78, 5) is 25.1. The summed E-state index contributed by atoms with van der Waals surface area (Å²) >= 11 is 1.26. The van der Waals surface area contributed by atoms with Crippen molar-refractivity contribution in [2.75, 3.05) is 6.54 Å². The summed E-state index contributed by atoms with van der Waals surface area (Å²) in [7, 11) is 0. The Labute approximate surface area is 133 Å². The number of aliphatic hydroxyl groups excluding tert-OH is 1. The molecule has 2 rings (SSSR count). The molecule has 2 aromatic rings. The van der Waals surface area contributed by atoms with Crippen molar-refractivity contribution in [3.63, 3.8) is 0 Å². The first-order chi connectivity index (χ1) is 10.4. The van der Waals surface area contributed by atoms with Crippen LogP contribution in [-0.2, 0) is 0 Å². The van der Waals surface area contributed by atoms with E-state index in [-0.39, 0.29) is 11.3 Å². The van der Waals surface area contributed by atoms with Crippen LogP contribution in [0.2, 0.25) is 0 Å². The van der Waals surface area contributed by atoms with E-state index in [1.807, 2.05) is 13.8 Å². The van der Waals surface area contributed by atoms with Crippen LogP contribution in [0.4, 0.5) is 0 Å². The highest BCUT2D eigenvalue weighted by atomic mass is 32.1. The number of hydrogen-bond acceptors (Lipinski definition) is 6. The average Bonchev–Trinajstić information content (AvgIpc) is 2.94. The number of carbonyl (C=O) groups is 1. The molecule has 2 N–H and O–H groups in total. The van der Waals surface area contributed by atoms with Gasteiger partial charge in [0.1, 0.15) is 4.88 Å². The second-order valence-electron chi connectivity index (χ2n) is 6.00. The van der Waals surface area contributed by atoms with Gasteiger partial charge >= 0.3 is 0 Å². The zero-order valence-corrected chi connectivity index (χ0v) is 13.7. The number of nitrogens with one attached hydrogen (secondary N) is 1. The highest BCUT2D eigenvalue weighted by Crippen LogP contribution is 2.23. The Morgan fingerprint density at radius 3 is 2.68 bits per heavy atom. The van der Waals surface area contributed by atoms with Crippen LogP contribution < -0.4 is 5.32 Å². The molecule has 0 radical (unpaired) electrons. The van der Waals surface area contributed by atoms with Gasteiger partial charge in [-0.15, -0.1) is 11.3 Å². The predicted octanol–water partition coefficient (Wildman–Crippen LogP) is 2.13. The van der Waals surface area contributed by atoms with Crippen LogP contribution in [0.15, 0.2) is 24.7 Å². The Balaban J connectivity index is 1.98. The lowest BCUT2D eigenvalue weighted by Crippen LogP contribution is -2.35. The summed E-state index contributed by atoms with van der Waals surface area (Å²) in [5.74, 6) is 0.347. The van der Waals surface area contributed by atoms with Crippen LogP contribution in [-0.4, -0.2) is 38.6 Å². The second-order valence-corrected chi connectivity index (χ2v) is 7.03. The molecule has 0 aliphatic carbocycles. The molecule has 7 heteroatoms. The van der Waals surface area contributed by atoms with Gasteiger partial charge in [0.05, 0.1) is 12.3 Å². The van der Waals surface area contributed by atoms with Crippen LogP contribution in [0.25, 0.3) is 10.8 Å². The molecule has 1 amide bonds. The van der Waals surface area contributed by atoms with Gasteiger partial charge in [0.2, 0.25) is 0 Å². The summed E-state index contributed by atoms with van der Waals surface area (Å²) in [5.41, 5.74) is -0.167. The molecule has 0 spiro atoms. The quantitative estimate of drug-likeness (QED) is 0.851. The molecule has 0 aliphatic heterocycles. The molecule has 118 valence electrons. The second kappa shape index (κ2) is 6.93. The molecule has 1 unspecified atom stereocenters. The maximum atomic E-state index is 12.2. The smallest absolute Gasteiger partial charge is 0.263 e. The van der Waals surface area contributed by atoms with E-state index in [1.165, 1.54) is 17.5 Å². The van der Waals surface area contributed by atoms with Crippen LogP contribution in [0.3, 0.4) is 0 Å². The number of amides is 1. The standard InChI is InChI=1S/C15H20N4O2S/c1-10(20)7-15(2,3)9-19-13(21)11-8-18-14(22-11)12-16-5-4-6-17-12/h4-6,8,10,20H,7,9H2,1-3H3,(H,19,21). The van der Waals surface area contributed by atoms with Gasteiger partial charge in [0.25, 0.3) is 5.91 Å². The molecule has 0 bridgehead atoms. The monoisotopic (exact) mass is 320 g/mol. The van der Waals surface area contributed by atoms with Crippen molar-refractivity contribution in [1.82, 2.24) is 20.3 Å². The van der Waals surface area contributed by atoms with Crippen LogP contribution in [0, 0.1) is 5.41 Å². The van der Waals surface area contributed by atoms with E-state index in [2.05, 4.69) is 20.3 Å². The summed E-state index contributed by atoms with van der Waals surface area (Å²) in [6.45, 7) is 6.26. The van der Waals surface area contributed by atoms with Crippen LogP contribution in [0.1, 0.15) is 36.9 Å². The van der Waals surface area contributed by atoms with Gasteiger partial charge in [-0.05, 0) is 24.8 Å². The molecule has 2 heterocycles. The summed E-state index contributed by atoms with van der Waals surface area (Å²) in [5, 5.41) is 13.0. The third-order valence-corrected chi connectivity index (χ3v) is 4.05. The fraction of sp³-hybridized carbons (Fsp3) is 0.467. The largest absolute Gasteiger partial charge is 0.393 e. The van der Waals surface area contributed by atoms with Crippen molar-refractivity contribution < 1.29 is 9.90 Å².